The zero-order valence-corrected chi connectivity index (χ0v) is 15.1. The van der Waals surface area contributed by atoms with Crippen LogP contribution in [0.4, 0.5) is 0 Å². The molecule has 1 N–H and O–H groups in total. The van der Waals surface area contributed by atoms with Gasteiger partial charge in [0, 0.05) is 47.6 Å². The molecule has 3 rings (SSSR count). The number of nitrogens with zero attached hydrogens (tertiary/aromatic N) is 4. The first-order valence-electron chi connectivity index (χ1n) is 7.54. The Labute approximate surface area is 144 Å². The minimum atomic E-state index is 0.795. The molecular formula is C17H20BrN5. The van der Waals surface area contributed by atoms with Crippen molar-refractivity contribution in [3.63, 3.8) is 0 Å². The average Bonchev–Trinajstić information content (AvgIpc) is 3.06. The maximum absolute atomic E-state index is 4.68. The number of nitrogens with one attached hydrogen (secondary N) is 1. The maximum Gasteiger partial charge on any atom is 0.0649 e. The fourth-order valence-corrected chi connectivity index (χ4v) is 2.92. The minimum absolute atomic E-state index is 0.795. The number of halogens is 1. The second-order valence-corrected chi connectivity index (χ2v) is 6.58. The van der Waals surface area contributed by atoms with Crippen LogP contribution in [-0.2, 0) is 20.1 Å². The topological polar surface area (TPSA) is 47.7 Å². The molecule has 120 valence electrons. The monoisotopic (exact) mass is 373 g/mol. The summed E-state index contributed by atoms with van der Waals surface area (Å²) in [5, 5.41) is 12.3. The van der Waals surface area contributed by atoms with Crippen molar-refractivity contribution in [1.29, 1.82) is 0 Å². The Morgan fingerprint density at radius 3 is 2.52 bits per heavy atom. The summed E-state index contributed by atoms with van der Waals surface area (Å²) in [5.74, 6) is 0. The Bertz CT molecular complexity index is 801. The van der Waals surface area contributed by atoms with E-state index in [2.05, 4.69) is 57.4 Å². The van der Waals surface area contributed by atoms with Gasteiger partial charge in [-0.25, -0.2) is 4.68 Å². The fraction of sp³-hybridized carbons (Fsp3) is 0.294. The Hall–Kier alpha value is -1.92. The van der Waals surface area contributed by atoms with Crippen LogP contribution in [0.1, 0.15) is 22.5 Å². The Balaban J connectivity index is 1.74. The highest BCUT2D eigenvalue weighted by Gasteiger charge is 2.12. The molecule has 6 heteroatoms. The van der Waals surface area contributed by atoms with Gasteiger partial charge < -0.3 is 5.32 Å². The van der Waals surface area contributed by atoms with Gasteiger partial charge in [0.2, 0.25) is 0 Å². The van der Waals surface area contributed by atoms with Gasteiger partial charge in [0.05, 0.1) is 17.6 Å². The number of rotatable bonds is 5. The first-order valence-corrected chi connectivity index (χ1v) is 8.33. The lowest BCUT2D eigenvalue weighted by Crippen LogP contribution is -2.13. The van der Waals surface area contributed by atoms with Gasteiger partial charge in [-0.05, 0) is 38.1 Å². The van der Waals surface area contributed by atoms with Gasteiger partial charge in [-0.2, -0.15) is 10.2 Å². The van der Waals surface area contributed by atoms with Crippen LogP contribution in [0.15, 0.2) is 41.1 Å². The summed E-state index contributed by atoms with van der Waals surface area (Å²) < 4.78 is 4.89. The van der Waals surface area contributed by atoms with Crippen molar-refractivity contribution in [3.8, 4) is 5.69 Å². The molecule has 0 atom stereocenters. The Morgan fingerprint density at radius 2 is 1.87 bits per heavy atom. The second-order valence-electron chi connectivity index (χ2n) is 5.66. The number of benzene rings is 1. The molecule has 0 saturated heterocycles. The molecule has 1 aromatic carbocycles. The van der Waals surface area contributed by atoms with E-state index in [-0.39, 0.29) is 0 Å². The van der Waals surface area contributed by atoms with Crippen molar-refractivity contribution in [2.45, 2.75) is 26.9 Å². The first kappa shape index (κ1) is 16.0. The number of hydrogen-bond acceptors (Lipinski definition) is 3. The van der Waals surface area contributed by atoms with E-state index in [0.29, 0.717) is 0 Å². The van der Waals surface area contributed by atoms with E-state index in [9.17, 15) is 0 Å². The van der Waals surface area contributed by atoms with E-state index in [1.165, 1.54) is 16.8 Å². The second kappa shape index (κ2) is 6.68. The van der Waals surface area contributed by atoms with Crippen LogP contribution in [0.25, 0.3) is 5.69 Å². The molecule has 0 aliphatic carbocycles. The molecule has 0 fully saturated rings. The molecule has 0 unspecified atom stereocenters. The van der Waals surface area contributed by atoms with Crippen molar-refractivity contribution >= 4 is 15.9 Å². The molecule has 0 aliphatic heterocycles. The van der Waals surface area contributed by atoms with Crippen molar-refractivity contribution in [2.24, 2.45) is 7.05 Å². The average molecular weight is 374 g/mol. The van der Waals surface area contributed by atoms with E-state index in [4.69, 9.17) is 0 Å². The Morgan fingerprint density at radius 1 is 1.13 bits per heavy atom. The van der Waals surface area contributed by atoms with Crippen molar-refractivity contribution < 1.29 is 0 Å². The van der Waals surface area contributed by atoms with Crippen LogP contribution >= 0.6 is 15.9 Å². The van der Waals surface area contributed by atoms with Gasteiger partial charge in [0.15, 0.2) is 0 Å². The van der Waals surface area contributed by atoms with E-state index < -0.39 is 0 Å². The summed E-state index contributed by atoms with van der Waals surface area (Å²) in [5.41, 5.74) is 5.74. The maximum atomic E-state index is 4.68. The summed E-state index contributed by atoms with van der Waals surface area (Å²) >= 11 is 3.47. The van der Waals surface area contributed by atoms with Gasteiger partial charge >= 0.3 is 0 Å². The molecule has 0 saturated carbocycles. The predicted molar refractivity (Wildman–Crippen MR) is 94.5 cm³/mol. The molecule has 3 aromatic rings. The molecule has 0 amide bonds. The van der Waals surface area contributed by atoms with Crippen LogP contribution in [0.2, 0.25) is 0 Å². The van der Waals surface area contributed by atoms with Crippen LogP contribution in [0.5, 0.6) is 0 Å². The molecule has 5 nitrogen and oxygen atoms in total. The molecule has 0 radical (unpaired) electrons. The van der Waals surface area contributed by atoms with E-state index >= 15 is 0 Å². The highest BCUT2D eigenvalue weighted by atomic mass is 79.9. The largest absolute Gasteiger partial charge is 0.308 e. The molecular weight excluding hydrogens is 354 g/mol. The fourth-order valence-electron chi connectivity index (χ4n) is 2.66. The van der Waals surface area contributed by atoms with Crippen molar-refractivity contribution in [3.05, 3.63) is 63.6 Å². The third-order valence-corrected chi connectivity index (χ3v) is 4.43. The van der Waals surface area contributed by atoms with Gasteiger partial charge in [-0.1, -0.05) is 15.9 Å². The summed E-state index contributed by atoms with van der Waals surface area (Å²) in [6.07, 6.45) is 3.91. The minimum Gasteiger partial charge on any atom is -0.308 e. The molecule has 23 heavy (non-hydrogen) atoms. The predicted octanol–water partition coefficient (Wildman–Crippen LogP) is 3.27. The van der Waals surface area contributed by atoms with Gasteiger partial charge in [-0.15, -0.1) is 0 Å². The third-order valence-electron chi connectivity index (χ3n) is 3.90. The number of hydrogen-bond donors (Lipinski definition) is 1. The third kappa shape index (κ3) is 3.54. The Kier molecular flexibility index (Phi) is 4.63. The van der Waals surface area contributed by atoms with Crippen LogP contribution in [-0.4, -0.2) is 19.6 Å². The number of aryl methyl sites for hydroxylation is 2. The number of aromatic nitrogens is 4. The standard InChI is InChI=1S/C17H20BrN5/c1-12-17(10-19-8-14-9-20-22(3)11-14)13(2)23(21-12)16-6-4-15(18)5-7-16/h4-7,9,11,19H,8,10H2,1-3H3. The van der Waals surface area contributed by atoms with E-state index in [0.717, 1.165) is 28.9 Å². The van der Waals surface area contributed by atoms with Crippen LogP contribution in [0, 0.1) is 13.8 Å². The van der Waals surface area contributed by atoms with Crippen LogP contribution < -0.4 is 5.32 Å². The zero-order chi connectivity index (χ0) is 16.4. The van der Waals surface area contributed by atoms with Gasteiger partial charge in [0.1, 0.15) is 0 Å². The normalized spacial score (nSPS) is 11.1. The van der Waals surface area contributed by atoms with Crippen molar-refractivity contribution in [2.75, 3.05) is 0 Å². The summed E-state index contributed by atoms with van der Waals surface area (Å²) in [6.45, 7) is 5.77. The van der Waals surface area contributed by atoms with Crippen molar-refractivity contribution in [1.82, 2.24) is 24.9 Å². The highest BCUT2D eigenvalue weighted by molar-refractivity contribution is 9.10. The molecule has 0 bridgehead atoms. The SMILES string of the molecule is Cc1nn(-c2ccc(Br)cc2)c(C)c1CNCc1cnn(C)c1. The lowest BCUT2D eigenvalue weighted by atomic mass is 10.2. The van der Waals surface area contributed by atoms with Gasteiger partial charge in [0.25, 0.3) is 0 Å². The molecule has 2 heterocycles. The summed E-state index contributed by atoms with van der Waals surface area (Å²) in [7, 11) is 1.93. The van der Waals surface area contributed by atoms with Crippen LogP contribution in [0.3, 0.4) is 0 Å². The lowest BCUT2D eigenvalue weighted by molar-refractivity contribution is 0.686. The summed E-state index contributed by atoms with van der Waals surface area (Å²) in [4.78, 5) is 0. The zero-order valence-electron chi connectivity index (χ0n) is 13.5. The first-order chi connectivity index (χ1) is 11.0. The van der Waals surface area contributed by atoms with Gasteiger partial charge in [-0.3, -0.25) is 4.68 Å². The highest BCUT2D eigenvalue weighted by Crippen LogP contribution is 2.19. The molecule has 0 spiro atoms. The summed E-state index contributed by atoms with van der Waals surface area (Å²) in [6, 6.07) is 8.20. The quantitative estimate of drug-likeness (QED) is 0.746. The lowest BCUT2D eigenvalue weighted by Gasteiger charge is -2.06. The molecule has 0 aliphatic rings. The smallest absolute Gasteiger partial charge is 0.0649 e. The van der Waals surface area contributed by atoms with E-state index in [1.54, 1.807) is 0 Å². The molecule has 2 aromatic heterocycles. The van der Waals surface area contributed by atoms with E-state index in [1.807, 2.05) is 40.9 Å².